The Labute approximate surface area is 118 Å². The normalized spacial score (nSPS) is 14.6. The molecule has 1 aromatic heterocycles. The van der Waals surface area contributed by atoms with Crippen molar-refractivity contribution >= 4 is 11.6 Å². The van der Waals surface area contributed by atoms with Crippen molar-refractivity contribution in [3.8, 4) is 0 Å². The van der Waals surface area contributed by atoms with Crippen LogP contribution in [0.25, 0.3) is 0 Å². The molecule has 0 aliphatic rings. The van der Waals surface area contributed by atoms with Crippen LogP contribution in [0.2, 0.25) is 5.02 Å². The Balaban J connectivity index is 2.28. The highest BCUT2D eigenvalue weighted by molar-refractivity contribution is 6.30. The number of benzene rings is 1. The number of nitrogens with zero attached hydrogens (tertiary/aromatic N) is 3. The predicted molar refractivity (Wildman–Crippen MR) is 77.1 cm³/mol. The minimum atomic E-state index is -0.523. The highest BCUT2D eigenvalue weighted by Gasteiger charge is 2.25. The van der Waals surface area contributed by atoms with Crippen molar-refractivity contribution in [2.45, 2.75) is 38.8 Å². The fourth-order valence-corrected chi connectivity index (χ4v) is 2.30. The molecule has 0 amide bonds. The first-order valence-corrected chi connectivity index (χ1v) is 6.71. The van der Waals surface area contributed by atoms with Crippen LogP contribution in [-0.2, 0) is 12.0 Å². The SMILES string of the molecule is CC(C)n1ncnc1CC(C)(N)c1cccc(Cl)c1. The summed E-state index contributed by atoms with van der Waals surface area (Å²) in [7, 11) is 0. The molecule has 1 unspecified atom stereocenters. The van der Waals surface area contributed by atoms with E-state index in [1.54, 1.807) is 6.33 Å². The van der Waals surface area contributed by atoms with E-state index in [1.807, 2.05) is 35.9 Å². The maximum atomic E-state index is 6.43. The van der Waals surface area contributed by atoms with E-state index in [1.165, 1.54) is 0 Å². The minimum absolute atomic E-state index is 0.271. The monoisotopic (exact) mass is 278 g/mol. The number of hydrogen-bond donors (Lipinski definition) is 1. The van der Waals surface area contributed by atoms with Gasteiger partial charge in [-0.25, -0.2) is 9.67 Å². The van der Waals surface area contributed by atoms with Gasteiger partial charge in [0.2, 0.25) is 0 Å². The van der Waals surface area contributed by atoms with E-state index in [0.717, 1.165) is 11.4 Å². The fourth-order valence-electron chi connectivity index (χ4n) is 2.11. The second-order valence-electron chi connectivity index (χ2n) is 5.32. The Morgan fingerprint density at radius 2 is 2.16 bits per heavy atom. The Bertz CT molecular complexity index is 560. The van der Waals surface area contributed by atoms with Crippen molar-refractivity contribution < 1.29 is 0 Å². The van der Waals surface area contributed by atoms with E-state index < -0.39 is 5.54 Å². The first-order valence-electron chi connectivity index (χ1n) is 6.33. The van der Waals surface area contributed by atoms with Gasteiger partial charge in [-0.2, -0.15) is 5.10 Å². The molecule has 2 N–H and O–H groups in total. The molecule has 0 spiro atoms. The maximum Gasteiger partial charge on any atom is 0.138 e. The summed E-state index contributed by atoms with van der Waals surface area (Å²) in [4.78, 5) is 4.31. The number of nitrogens with two attached hydrogens (primary N) is 1. The molecule has 0 radical (unpaired) electrons. The molecule has 4 nitrogen and oxygen atoms in total. The van der Waals surface area contributed by atoms with Crippen LogP contribution in [-0.4, -0.2) is 14.8 Å². The van der Waals surface area contributed by atoms with Crippen LogP contribution in [0, 0.1) is 0 Å². The van der Waals surface area contributed by atoms with E-state index in [9.17, 15) is 0 Å². The average Bonchev–Trinajstić information content (AvgIpc) is 2.76. The lowest BCUT2D eigenvalue weighted by atomic mass is 9.89. The van der Waals surface area contributed by atoms with Gasteiger partial charge in [-0.15, -0.1) is 0 Å². The summed E-state index contributed by atoms with van der Waals surface area (Å²) in [6.45, 7) is 6.13. The van der Waals surface area contributed by atoms with Crippen molar-refractivity contribution in [3.63, 3.8) is 0 Å². The molecule has 2 aromatic rings. The number of halogens is 1. The zero-order valence-electron chi connectivity index (χ0n) is 11.5. The van der Waals surface area contributed by atoms with Crippen molar-refractivity contribution in [1.29, 1.82) is 0 Å². The molecule has 19 heavy (non-hydrogen) atoms. The van der Waals surface area contributed by atoms with E-state index in [2.05, 4.69) is 23.9 Å². The lowest BCUT2D eigenvalue weighted by Crippen LogP contribution is -2.36. The molecule has 0 aliphatic heterocycles. The van der Waals surface area contributed by atoms with Gasteiger partial charge in [0.15, 0.2) is 0 Å². The first kappa shape index (κ1) is 14.0. The van der Waals surface area contributed by atoms with Gasteiger partial charge < -0.3 is 5.73 Å². The van der Waals surface area contributed by atoms with Gasteiger partial charge in [0.1, 0.15) is 12.2 Å². The molecule has 0 bridgehead atoms. The molecule has 1 atom stereocenters. The van der Waals surface area contributed by atoms with E-state index in [-0.39, 0.29) is 6.04 Å². The van der Waals surface area contributed by atoms with Gasteiger partial charge >= 0.3 is 0 Å². The molecule has 2 rings (SSSR count). The lowest BCUT2D eigenvalue weighted by molar-refractivity contribution is 0.433. The van der Waals surface area contributed by atoms with Gasteiger partial charge in [0, 0.05) is 23.0 Å². The van der Waals surface area contributed by atoms with Crippen LogP contribution >= 0.6 is 11.6 Å². The summed E-state index contributed by atoms with van der Waals surface area (Å²) in [5.74, 6) is 0.889. The minimum Gasteiger partial charge on any atom is -0.321 e. The quantitative estimate of drug-likeness (QED) is 0.935. The predicted octanol–water partition coefficient (Wildman–Crippen LogP) is 2.93. The van der Waals surface area contributed by atoms with Crippen LogP contribution in [0.5, 0.6) is 0 Å². The highest BCUT2D eigenvalue weighted by Crippen LogP contribution is 2.25. The Hall–Kier alpha value is -1.39. The summed E-state index contributed by atoms with van der Waals surface area (Å²) >= 11 is 6.03. The van der Waals surface area contributed by atoms with Gasteiger partial charge in [-0.1, -0.05) is 23.7 Å². The third-order valence-corrected chi connectivity index (χ3v) is 3.38. The zero-order chi connectivity index (χ0) is 14.0. The van der Waals surface area contributed by atoms with Gasteiger partial charge in [-0.3, -0.25) is 0 Å². The zero-order valence-corrected chi connectivity index (χ0v) is 12.2. The van der Waals surface area contributed by atoms with Crippen LogP contribution in [0.15, 0.2) is 30.6 Å². The molecular weight excluding hydrogens is 260 g/mol. The molecule has 1 aromatic carbocycles. The van der Waals surface area contributed by atoms with Crippen molar-refractivity contribution in [3.05, 3.63) is 47.0 Å². The fraction of sp³-hybridized carbons (Fsp3) is 0.429. The standard InChI is InChI=1S/C14H19ClN4/c1-10(2)19-13(17-9-18-19)8-14(3,16)11-5-4-6-12(15)7-11/h4-7,9-10H,8,16H2,1-3H3. The topological polar surface area (TPSA) is 56.7 Å². The molecule has 0 aliphatic carbocycles. The van der Waals surface area contributed by atoms with Gasteiger partial charge in [0.05, 0.1) is 0 Å². The molecule has 0 saturated carbocycles. The Morgan fingerprint density at radius 3 is 2.79 bits per heavy atom. The van der Waals surface area contributed by atoms with Crippen molar-refractivity contribution in [2.75, 3.05) is 0 Å². The molecule has 102 valence electrons. The van der Waals surface area contributed by atoms with Crippen LogP contribution in [0.4, 0.5) is 0 Å². The van der Waals surface area contributed by atoms with E-state index in [0.29, 0.717) is 11.4 Å². The summed E-state index contributed by atoms with van der Waals surface area (Å²) in [5, 5.41) is 4.93. The molecule has 0 fully saturated rings. The van der Waals surface area contributed by atoms with E-state index in [4.69, 9.17) is 17.3 Å². The Morgan fingerprint density at radius 1 is 1.42 bits per heavy atom. The second-order valence-corrected chi connectivity index (χ2v) is 5.76. The molecule has 5 heteroatoms. The average molecular weight is 279 g/mol. The van der Waals surface area contributed by atoms with Crippen LogP contribution in [0.3, 0.4) is 0 Å². The Kier molecular flexibility index (Phi) is 3.92. The third-order valence-electron chi connectivity index (χ3n) is 3.15. The summed E-state index contributed by atoms with van der Waals surface area (Å²) in [6, 6.07) is 7.92. The van der Waals surface area contributed by atoms with Crippen molar-refractivity contribution in [2.24, 2.45) is 5.73 Å². The van der Waals surface area contributed by atoms with E-state index >= 15 is 0 Å². The number of hydrogen-bond acceptors (Lipinski definition) is 3. The summed E-state index contributed by atoms with van der Waals surface area (Å²) in [6.07, 6.45) is 2.19. The highest BCUT2D eigenvalue weighted by atomic mass is 35.5. The molecular formula is C14H19ClN4. The van der Waals surface area contributed by atoms with Crippen LogP contribution in [0.1, 0.15) is 38.2 Å². The smallest absolute Gasteiger partial charge is 0.138 e. The van der Waals surface area contributed by atoms with Crippen LogP contribution < -0.4 is 5.73 Å². The lowest BCUT2D eigenvalue weighted by Gasteiger charge is -2.25. The number of aromatic nitrogens is 3. The van der Waals surface area contributed by atoms with Crippen molar-refractivity contribution in [1.82, 2.24) is 14.8 Å². The maximum absolute atomic E-state index is 6.43. The number of rotatable bonds is 4. The van der Waals surface area contributed by atoms with Gasteiger partial charge in [0.25, 0.3) is 0 Å². The summed E-state index contributed by atoms with van der Waals surface area (Å²) in [5.41, 5.74) is 6.90. The first-order chi connectivity index (χ1) is 8.90. The second kappa shape index (κ2) is 5.31. The summed E-state index contributed by atoms with van der Waals surface area (Å²) < 4.78 is 1.90. The largest absolute Gasteiger partial charge is 0.321 e. The molecule has 0 saturated heterocycles. The molecule has 1 heterocycles. The third kappa shape index (κ3) is 3.14. The van der Waals surface area contributed by atoms with Gasteiger partial charge in [-0.05, 0) is 38.5 Å².